The maximum Gasteiger partial charge on any atom is 0.346 e. The third-order valence-corrected chi connectivity index (χ3v) is 1.83. The first kappa shape index (κ1) is 11.5. The Morgan fingerprint density at radius 1 is 1.38 bits per heavy atom. The Hall–Kier alpha value is -2.54. The smallest absolute Gasteiger partial charge is 0.346 e. The molecule has 0 atom stereocenters. The molecule has 0 heterocycles. The minimum absolute atomic E-state index is 0.0981. The number of phenols is 1. The summed E-state index contributed by atoms with van der Waals surface area (Å²) < 4.78 is 0. The second-order valence-corrected chi connectivity index (χ2v) is 2.92. The molecule has 0 aliphatic rings. The Morgan fingerprint density at radius 2 is 2.06 bits per heavy atom. The molecule has 0 radical (unpaired) electrons. The number of rotatable bonds is 3. The van der Waals surface area contributed by atoms with Crippen LogP contribution in [-0.2, 0) is 4.79 Å². The Labute approximate surface area is 92.4 Å². The highest BCUT2D eigenvalue weighted by Crippen LogP contribution is 2.16. The fourth-order valence-corrected chi connectivity index (χ4v) is 1.03. The molecule has 0 fully saturated rings. The minimum Gasteiger partial charge on any atom is -0.507 e. The van der Waals surface area contributed by atoms with Crippen LogP contribution in [0.3, 0.4) is 0 Å². The van der Waals surface area contributed by atoms with E-state index in [0.717, 1.165) is 0 Å². The lowest BCUT2D eigenvalue weighted by Gasteiger charge is -1.95. The number of allylic oxidation sites excluding steroid dienone is 2. The zero-order chi connectivity index (χ0) is 12.0. The Bertz CT molecular complexity index is 495. The van der Waals surface area contributed by atoms with Crippen LogP contribution >= 0.6 is 0 Å². The molecule has 0 aromatic heterocycles. The van der Waals surface area contributed by atoms with Crippen molar-refractivity contribution in [3.05, 3.63) is 47.6 Å². The van der Waals surface area contributed by atoms with Gasteiger partial charge in [0, 0.05) is 5.56 Å². The van der Waals surface area contributed by atoms with E-state index < -0.39 is 5.97 Å². The number of carboxylic acids is 1. The summed E-state index contributed by atoms with van der Waals surface area (Å²) in [5, 5.41) is 26.4. The van der Waals surface area contributed by atoms with Crippen molar-refractivity contribution in [2.24, 2.45) is 0 Å². The Morgan fingerprint density at radius 3 is 2.62 bits per heavy atom. The van der Waals surface area contributed by atoms with Gasteiger partial charge in [-0.15, -0.1) is 0 Å². The molecule has 0 unspecified atom stereocenters. The number of phenolic OH excluding ortho intramolecular Hbond substituents is 1. The third-order valence-electron chi connectivity index (χ3n) is 1.83. The SMILES string of the molecule is N#CC(=CC=Cc1ccccc1O)C(=O)O. The topological polar surface area (TPSA) is 81.3 Å². The molecule has 4 heteroatoms. The van der Waals surface area contributed by atoms with Gasteiger partial charge in [-0.2, -0.15) is 5.26 Å². The summed E-state index contributed by atoms with van der Waals surface area (Å²) in [4.78, 5) is 10.5. The largest absolute Gasteiger partial charge is 0.507 e. The van der Waals surface area contributed by atoms with E-state index in [-0.39, 0.29) is 11.3 Å². The van der Waals surface area contributed by atoms with Crippen molar-refractivity contribution in [3.8, 4) is 11.8 Å². The summed E-state index contributed by atoms with van der Waals surface area (Å²) in [6.45, 7) is 0. The quantitative estimate of drug-likeness (QED) is 0.458. The van der Waals surface area contributed by atoms with E-state index in [1.807, 2.05) is 0 Å². The fraction of sp³-hybridized carbons (Fsp3) is 0. The summed E-state index contributed by atoms with van der Waals surface area (Å²) in [6, 6.07) is 8.17. The maximum absolute atomic E-state index is 10.5. The number of carboxylic acid groups (broad SMARTS) is 1. The Kier molecular flexibility index (Phi) is 3.87. The van der Waals surface area contributed by atoms with Gasteiger partial charge in [0.25, 0.3) is 0 Å². The van der Waals surface area contributed by atoms with E-state index in [2.05, 4.69) is 0 Å². The normalized spacial score (nSPS) is 11.3. The molecule has 0 saturated carbocycles. The number of benzene rings is 1. The van der Waals surface area contributed by atoms with Gasteiger partial charge in [-0.05, 0) is 12.1 Å². The second kappa shape index (κ2) is 5.37. The van der Waals surface area contributed by atoms with Gasteiger partial charge in [0.1, 0.15) is 17.4 Å². The summed E-state index contributed by atoms with van der Waals surface area (Å²) in [6.07, 6.45) is 4.10. The summed E-state index contributed by atoms with van der Waals surface area (Å²) in [5.74, 6) is -1.18. The zero-order valence-electron chi connectivity index (χ0n) is 8.29. The number of carbonyl (C=O) groups is 1. The van der Waals surface area contributed by atoms with E-state index in [4.69, 9.17) is 10.4 Å². The monoisotopic (exact) mass is 215 g/mol. The van der Waals surface area contributed by atoms with E-state index in [1.54, 1.807) is 24.3 Å². The van der Waals surface area contributed by atoms with Crippen molar-refractivity contribution in [2.75, 3.05) is 0 Å². The van der Waals surface area contributed by atoms with Crippen LogP contribution in [0.1, 0.15) is 5.56 Å². The predicted molar refractivity (Wildman–Crippen MR) is 58.5 cm³/mol. The van der Waals surface area contributed by atoms with Crippen LogP contribution in [0.5, 0.6) is 5.75 Å². The van der Waals surface area contributed by atoms with Crippen LogP contribution in [0, 0.1) is 11.3 Å². The molecule has 0 amide bonds. The van der Waals surface area contributed by atoms with Gasteiger partial charge in [-0.1, -0.05) is 30.4 Å². The third kappa shape index (κ3) is 3.00. The van der Waals surface area contributed by atoms with Crippen LogP contribution in [0.25, 0.3) is 6.08 Å². The highest BCUT2D eigenvalue weighted by Gasteiger charge is 2.02. The highest BCUT2D eigenvalue weighted by atomic mass is 16.4. The van der Waals surface area contributed by atoms with E-state index >= 15 is 0 Å². The number of aromatic hydroxyl groups is 1. The highest BCUT2D eigenvalue weighted by molar-refractivity contribution is 5.91. The zero-order valence-corrected chi connectivity index (χ0v) is 8.29. The molecule has 0 aliphatic carbocycles. The summed E-state index contributed by atoms with van der Waals surface area (Å²) >= 11 is 0. The van der Waals surface area contributed by atoms with E-state index in [0.29, 0.717) is 5.56 Å². The molecule has 2 N–H and O–H groups in total. The predicted octanol–water partition coefficient (Wildman–Crippen LogP) is 1.94. The van der Waals surface area contributed by atoms with Crippen LogP contribution in [0.15, 0.2) is 42.0 Å². The van der Waals surface area contributed by atoms with Crippen molar-refractivity contribution in [2.45, 2.75) is 0 Å². The van der Waals surface area contributed by atoms with E-state index in [9.17, 15) is 9.90 Å². The van der Waals surface area contributed by atoms with Crippen LogP contribution in [0.4, 0.5) is 0 Å². The van der Waals surface area contributed by atoms with Gasteiger partial charge in [0.2, 0.25) is 0 Å². The lowest BCUT2D eigenvalue weighted by atomic mass is 10.1. The van der Waals surface area contributed by atoms with Gasteiger partial charge >= 0.3 is 5.97 Å². The van der Waals surface area contributed by atoms with Crippen molar-refractivity contribution in [1.82, 2.24) is 0 Å². The molecule has 0 bridgehead atoms. The number of nitriles is 1. The average molecular weight is 215 g/mol. The van der Waals surface area contributed by atoms with Crippen LogP contribution in [-0.4, -0.2) is 16.2 Å². The number of aliphatic carboxylic acids is 1. The maximum atomic E-state index is 10.5. The van der Waals surface area contributed by atoms with Gasteiger partial charge in [0.05, 0.1) is 0 Å². The summed E-state index contributed by atoms with van der Waals surface area (Å²) in [7, 11) is 0. The van der Waals surface area contributed by atoms with Gasteiger partial charge in [0.15, 0.2) is 0 Å². The first-order valence-corrected chi connectivity index (χ1v) is 4.45. The Balaban J connectivity index is 2.88. The minimum atomic E-state index is -1.27. The second-order valence-electron chi connectivity index (χ2n) is 2.92. The van der Waals surface area contributed by atoms with Gasteiger partial charge in [-0.3, -0.25) is 0 Å². The van der Waals surface area contributed by atoms with Gasteiger partial charge < -0.3 is 10.2 Å². The average Bonchev–Trinajstić information content (AvgIpc) is 2.26. The number of hydrogen-bond acceptors (Lipinski definition) is 3. The first-order chi connectivity index (χ1) is 7.65. The molecule has 1 aromatic carbocycles. The molecular weight excluding hydrogens is 206 g/mol. The van der Waals surface area contributed by atoms with Gasteiger partial charge in [-0.25, -0.2) is 4.79 Å². The molecule has 16 heavy (non-hydrogen) atoms. The number of para-hydroxylation sites is 1. The molecule has 4 nitrogen and oxygen atoms in total. The van der Waals surface area contributed by atoms with Crippen molar-refractivity contribution >= 4 is 12.0 Å². The van der Waals surface area contributed by atoms with E-state index in [1.165, 1.54) is 24.3 Å². The lowest BCUT2D eigenvalue weighted by molar-refractivity contribution is -0.132. The fourth-order valence-electron chi connectivity index (χ4n) is 1.03. The molecule has 0 saturated heterocycles. The standard InChI is InChI=1S/C12H9NO3/c13-8-10(12(15)16)6-3-5-9-4-1-2-7-11(9)14/h1-7,14H,(H,15,16). The van der Waals surface area contributed by atoms with Crippen molar-refractivity contribution in [1.29, 1.82) is 5.26 Å². The molecular formula is C12H9NO3. The number of nitrogens with zero attached hydrogens (tertiary/aromatic N) is 1. The number of hydrogen-bond donors (Lipinski definition) is 2. The molecule has 80 valence electrons. The molecule has 1 rings (SSSR count). The molecule has 0 spiro atoms. The van der Waals surface area contributed by atoms with Crippen LogP contribution < -0.4 is 0 Å². The first-order valence-electron chi connectivity index (χ1n) is 4.45. The lowest BCUT2D eigenvalue weighted by Crippen LogP contribution is -1.96. The van der Waals surface area contributed by atoms with Crippen molar-refractivity contribution < 1.29 is 15.0 Å². The van der Waals surface area contributed by atoms with Crippen molar-refractivity contribution in [3.63, 3.8) is 0 Å². The van der Waals surface area contributed by atoms with Crippen LogP contribution in [0.2, 0.25) is 0 Å². The summed E-state index contributed by atoms with van der Waals surface area (Å²) in [5.41, 5.74) is 0.202. The molecule has 0 aliphatic heterocycles. The molecule has 1 aromatic rings.